The van der Waals surface area contributed by atoms with E-state index < -0.39 is 60.2 Å². The Morgan fingerprint density at radius 1 is 1.09 bits per heavy atom. The van der Waals surface area contributed by atoms with Gasteiger partial charge in [-0.1, -0.05) is 0 Å². The second-order valence-corrected chi connectivity index (χ2v) is 7.92. The molecule has 0 saturated carbocycles. The number of aliphatic imine (C=N–C) groups is 1. The van der Waals surface area contributed by atoms with E-state index in [9.17, 15) is 29.1 Å². The molecule has 4 amide bonds. The van der Waals surface area contributed by atoms with E-state index in [1.807, 2.05) is 0 Å². The highest BCUT2D eigenvalue weighted by Crippen LogP contribution is 2.19. The molecule has 14 nitrogen and oxygen atoms in total. The van der Waals surface area contributed by atoms with Crippen LogP contribution in [0.15, 0.2) is 4.99 Å². The number of carbonyl (C=O) groups excluding carboxylic acids is 4. The molecule has 4 unspecified atom stereocenters. The van der Waals surface area contributed by atoms with Crippen molar-refractivity contribution in [2.75, 3.05) is 18.8 Å². The number of nitrogens with two attached hydrogens (primary N) is 4. The van der Waals surface area contributed by atoms with E-state index in [0.29, 0.717) is 19.3 Å². The molecular formula is C18H32N8O6S. The minimum atomic E-state index is -1.27. The summed E-state index contributed by atoms with van der Waals surface area (Å²) in [5.74, 6) is -4.22. The first-order valence-corrected chi connectivity index (χ1v) is 10.9. The van der Waals surface area contributed by atoms with Crippen LogP contribution in [0.2, 0.25) is 0 Å². The maximum absolute atomic E-state index is 12.9. The molecule has 0 aromatic carbocycles. The Labute approximate surface area is 196 Å². The lowest BCUT2D eigenvalue weighted by atomic mass is 10.1. The van der Waals surface area contributed by atoms with Crippen molar-refractivity contribution in [2.45, 2.75) is 56.3 Å². The van der Waals surface area contributed by atoms with Crippen LogP contribution in [0.1, 0.15) is 32.1 Å². The molecule has 0 aromatic rings. The summed E-state index contributed by atoms with van der Waals surface area (Å²) in [6.07, 6.45) is 0.810. The maximum atomic E-state index is 12.9. The minimum Gasteiger partial charge on any atom is -0.480 e. The molecule has 0 aliphatic carbocycles. The van der Waals surface area contributed by atoms with E-state index in [-0.39, 0.29) is 31.2 Å². The zero-order chi connectivity index (χ0) is 25.1. The molecule has 1 aliphatic rings. The smallest absolute Gasteiger partial charge is 0.326 e. The average Bonchev–Trinajstić information content (AvgIpc) is 3.22. The Balaban J connectivity index is 2.90. The summed E-state index contributed by atoms with van der Waals surface area (Å²) in [6.45, 7) is 0.426. The molecule has 11 N–H and O–H groups in total. The predicted octanol–water partition coefficient (Wildman–Crippen LogP) is -3.78. The van der Waals surface area contributed by atoms with Gasteiger partial charge in [0.2, 0.25) is 23.6 Å². The van der Waals surface area contributed by atoms with E-state index in [1.54, 1.807) is 0 Å². The first-order valence-electron chi connectivity index (χ1n) is 10.3. The van der Waals surface area contributed by atoms with Crippen molar-refractivity contribution in [3.8, 4) is 0 Å². The van der Waals surface area contributed by atoms with E-state index in [1.165, 1.54) is 4.90 Å². The summed E-state index contributed by atoms with van der Waals surface area (Å²) in [6, 6.07) is -4.48. The third kappa shape index (κ3) is 9.13. The van der Waals surface area contributed by atoms with Gasteiger partial charge >= 0.3 is 5.97 Å². The summed E-state index contributed by atoms with van der Waals surface area (Å²) in [4.78, 5) is 65.4. The largest absolute Gasteiger partial charge is 0.480 e. The van der Waals surface area contributed by atoms with Gasteiger partial charge in [-0.15, -0.1) is 0 Å². The molecular weight excluding hydrogens is 456 g/mol. The van der Waals surface area contributed by atoms with E-state index in [0.717, 1.165) is 0 Å². The van der Waals surface area contributed by atoms with Crippen LogP contribution in [0, 0.1) is 0 Å². The van der Waals surface area contributed by atoms with Gasteiger partial charge in [0, 0.05) is 18.8 Å². The molecule has 186 valence electrons. The fourth-order valence-corrected chi connectivity index (χ4v) is 3.55. The highest BCUT2D eigenvalue weighted by molar-refractivity contribution is 7.80. The van der Waals surface area contributed by atoms with Gasteiger partial charge in [-0.2, -0.15) is 12.6 Å². The van der Waals surface area contributed by atoms with Gasteiger partial charge in [0.15, 0.2) is 5.96 Å². The fraction of sp³-hybridized carbons (Fsp3) is 0.667. The van der Waals surface area contributed by atoms with Crippen LogP contribution in [0.4, 0.5) is 0 Å². The first kappa shape index (κ1) is 28.0. The van der Waals surface area contributed by atoms with Crippen molar-refractivity contribution >= 4 is 48.2 Å². The number of carboxylic acid groups (broad SMARTS) is 1. The number of hydrogen-bond donors (Lipinski definition) is 8. The third-order valence-corrected chi connectivity index (χ3v) is 5.32. The normalized spacial score (nSPS) is 18.0. The summed E-state index contributed by atoms with van der Waals surface area (Å²) in [5, 5.41) is 14.3. The van der Waals surface area contributed by atoms with Gasteiger partial charge in [-0.3, -0.25) is 24.2 Å². The predicted molar refractivity (Wildman–Crippen MR) is 122 cm³/mol. The standard InChI is InChI=1S/C18H32N8O6S/c19-9(7-13(20)27)14(28)24-10(3-1-5-23-18(21)22)15(29)25-11(8-33)16(30)26-6-2-4-12(26)17(31)32/h9-12,33H,1-8,19H2,(H2,20,27)(H,24,28)(H,25,29)(H,31,32)(H4,21,22,23). The molecule has 1 aliphatic heterocycles. The zero-order valence-corrected chi connectivity index (χ0v) is 19.0. The van der Waals surface area contributed by atoms with Crippen molar-refractivity contribution < 1.29 is 29.1 Å². The molecule has 1 fully saturated rings. The Bertz CT molecular complexity index is 775. The molecule has 0 spiro atoms. The van der Waals surface area contributed by atoms with Crippen LogP contribution in [-0.4, -0.2) is 88.6 Å². The number of aliphatic carboxylic acids is 1. The van der Waals surface area contributed by atoms with Gasteiger partial charge < -0.3 is 43.6 Å². The number of guanidine groups is 1. The van der Waals surface area contributed by atoms with E-state index >= 15 is 0 Å². The number of thiol groups is 1. The molecule has 0 bridgehead atoms. The van der Waals surface area contributed by atoms with Gasteiger partial charge in [0.1, 0.15) is 18.1 Å². The highest BCUT2D eigenvalue weighted by Gasteiger charge is 2.38. The number of primary amides is 1. The maximum Gasteiger partial charge on any atom is 0.326 e. The summed E-state index contributed by atoms with van der Waals surface area (Å²) < 4.78 is 0. The monoisotopic (exact) mass is 488 g/mol. The average molecular weight is 489 g/mol. The molecule has 0 radical (unpaired) electrons. The van der Waals surface area contributed by atoms with E-state index in [4.69, 9.17) is 22.9 Å². The number of hydrogen-bond acceptors (Lipinski definition) is 8. The Morgan fingerprint density at radius 2 is 1.73 bits per heavy atom. The quantitative estimate of drug-likeness (QED) is 0.0547. The lowest BCUT2D eigenvalue weighted by molar-refractivity contribution is -0.149. The Hall–Kier alpha value is -3.07. The van der Waals surface area contributed by atoms with Crippen LogP contribution >= 0.6 is 12.6 Å². The van der Waals surface area contributed by atoms with Gasteiger partial charge in [-0.25, -0.2) is 4.79 Å². The summed E-state index contributed by atoms with van der Waals surface area (Å²) in [7, 11) is 0. The molecule has 1 heterocycles. The van der Waals surface area contributed by atoms with Crippen LogP contribution in [0.5, 0.6) is 0 Å². The zero-order valence-electron chi connectivity index (χ0n) is 18.1. The minimum absolute atomic E-state index is 0.0899. The molecule has 4 atom stereocenters. The van der Waals surface area contributed by atoms with Gasteiger partial charge in [-0.05, 0) is 25.7 Å². The third-order valence-electron chi connectivity index (χ3n) is 4.95. The number of nitrogens with zero attached hydrogens (tertiary/aromatic N) is 2. The number of carboxylic acids is 1. The van der Waals surface area contributed by atoms with Gasteiger partial charge in [0.25, 0.3) is 0 Å². The van der Waals surface area contributed by atoms with Gasteiger partial charge in [0.05, 0.1) is 12.5 Å². The second kappa shape index (κ2) is 13.5. The molecule has 1 rings (SSSR count). The molecule has 1 saturated heterocycles. The molecule has 0 aromatic heterocycles. The summed E-state index contributed by atoms with van der Waals surface area (Å²) >= 11 is 4.11. The van der Waals surface area contributed by atoms with Crippen LogP contribution in [0.25, 0.3) is 0 Å². The Morgan fingerprint density at radius 3 is 2.27 bits per heavy atom. The van der Waals surface area contributed by atoms with Crippen molar-refractivity contribution in [3.05, 3.63) is 0 Å². The van der Waals surface area contributed by atoms with Crippen molar-refractivity contribution in [1.82, 2.24) is 15.5 Å². The van der Waals surface area contributed by atoms with Crippen molar-refractivity contribution in [1.29, 1.82) is 0 Å². The topological polar surface area (TPSA) is 249 Å². The van der Waals surface area contributed by atoms with Crippen LogP contribution in [-0.2, 0) is 24.0 Å². The van der Waals surface area contributed by atoms with E-state index in [2.05, 4.69) is 28.3 Å². The Kier molecular flexibility index (Phi) is 11.4. The number of rotatable bonds is 13. The number of amides is 4. The lowest BCUT2D eigenvalue weighted by Gasteiger charge is -2.28. The second-order valence-electron chi connectivity index (χ2n) is 7.56. The number of carbonyl (C=O) groups is 5. The summed E-state index contributed by atoms with van der Waals surface area (Å²) in [5.41, 5.74) is 21.2. The van der Waals surface area contributed by atoms with Crippen molar-refractivity contribution in [3.63, 3.8) is 0 Å². The van der Waals surface area contributed by atoms with Crippen molar-refractivity contribution in [2.24, 2.45) is 27.9 Å². The highest BCUT2D eigenvalue weighted by atomic mass is 32.1. The molecule has 33 heavy (non-hydrogen) atoms. The number of likely N-dealkylation sites (tertiary alicyclic amines) is 1. The fourth-order valence-electron chi connectivity index (χ4n) is 3.31. The SMILES string of the molecule is NC(=O)CC(N)C(=O)NC(CCCN=C(N)N)C(=O)NC(CS)C(=O)N1CCCC1C(=O)O. The lowest BCUT2D eigenvalue weighted by Crippen LogP contribution is -2.57. The number of nitrogens with one attached hydrogen (secondary N) is 2. The first-order chi connectivity index (χ1) is 15.5. The van der Waals surface area contributed by atoms with Crippen LogP contribution < -0.4 is 33.6 Å². The molecule has 15 heteroatoms. The van der Waals surface area contributed by atoms with Crippen LogP contribution in [0.3, 0.4) is 0 Å².